The first-order valence-electron chi connectivity index (χ1n) is 6.99. The lowest BCUT2D eigenvalue weighted by Crippen LogP contribution is -2.54. The number of carbonyl (C=O) groups is 2. The van der Waals surface area contributed by atoms with E-state index in [1.54, 1.807) is 36.4 Å². The third-order valence-electron chi connectivity index (χ3n) is 3.43. The van der Waals surface area contributed by atoms with Gasteiger partial charge in [0.15, 0.2) is 5.11 Å². The van der Waals surface area contributed by atoms with Gasteiger partial charge in [-0.1, -0.05) is 46.9 Å². The lowest BCUT2D eigenvalue weighted by Gasteiger charge is -2.29. The largest absolute Gasteiger partial charge is 0.298 e. The number of hydrogen-bond acceptors (Lipinski definition) is 3. The predicted molar refractivity (Wildman–Crippen MR) is 104 cm³/mol. The van der Waals surface area contributed by atoms with Gasteiger partial charge in [0.1, 0.15) is 5.57 Å². The molecule has 8 heteroatoms. The summed E-state index contributed by atoms with van der Waals surface area (Å²) in [5, 5.41) is 3.66. The van der Waals surface area contributed by atoms with Crippen LogP contribution in [-0.4, -0.2) is 16.9 Å². The van der Waals surface area contributed by atoms with E-state index >= 15 is 0 Å². The number of rotatable bonds is 2. The van der Waals surface area contributed by atoms with Crippen molar-refractivity contribution in [1.82, 2.24) is 5.32 Å². The van der Waals surface area contributed by atoms with Gasteiger partial charge in [-0.3, -0.25) is 19.8 Å². The highest BCUT2D eigenvalue weighted by Gasteiger charge is 2.35. The van der Waals surface area contributed by atoms with Crippen LogP contribution in [-0.2, 0) is 9.59 Å². The highest BCUT2D eigenvalue weighted by atomic mass is 35.5. The van der Waals surface area contributed by atoms with Crippen molar-refractivity contribution in [2.45, 2.75) is 0 Å². The van der Waals surface area contributed by atoms with Gasteiger partial charge in [0, 0.05) is 10.0 Å². The number of carbonyl (C=O) groups excluding carboxylic acids is 2. The highest BCUT2D eigenvalue weighted by Crippen LogP contribution is 2.31. The van der Waals surface area contributed by atoms with Crippen LogP contribution in [0, 0.1) is 0 Å². The fourth-order valence-electron chi connectivity index (χ4n) is 2.26. The Bertz CT molecular complexity index is 926. The molecule has 1 N–H and O–H groups in total. The Morgan fingerprint density at radius 1 is 0.960 bits per heavy atom. The number of halogens is 3. The average molecular weight is 412 g/mol. The maximum absolute atomic E-state index is 12.8. The number of hydrogen-bond donors (Lipinski definition) is 1. The first-order chi connectivity index (χ1) is 11.9. The molecule has 0 saturated carbocycles. The second-order valence-corrected chi connectivity index (χ2v) is 6.77. The summed E-state index contributed by atoms with van der Waals surface area (Å²) in [5.41, 5.74) is 0.919. The molecule has 2 amide bonds. The zero-order chi connectivity index (χ0) is 18.1. The molecule has 1 aliphatic heterocycles. The first-order valence-corrected chi connectivity index (χ1v) is 8.53. The van der Waals surface area contributed by atoms with E-state index in [1.165, 1.54) is 12.1 Å². The third kappa shape index (κ3) is 3.70. The SMILES string of the molecule is O=C1NC(=S)N(c2ccc(Cl)cc2Cl)C(=O)/C1=C/c1ccc(Cl)cc1. The van der Waals surface area contributed by atoms with Gasteiger partial charge in [0.05, 0.1) is 10.7 Å². The molecule has 126 valence electrons. The second-order valence-electron chi connectivity index (χ2n) is 5.11. The number of benzene rings is 2. The van der Waals surface area contributed by atoms with E-state index in [4.69, 9.17) is 47.0 Å². The van der Waals surface area contributed by atoms with Gasteiger partial charge in [-0.25, -0.2) is 0 Å². The van der Waals surface area contributed by atoms with Crippen molar-refractivity contribution in [2.24, 2.45) is 0 Å². The van der Waals surface area contributed by atoms with Crippen LogP contribution < -0.4 is 10.2 Å². The Labute approximate surface area is 164 Å². The van der Waals surface area contributed by atoms with E-state index in [-0.39, 0.29) is 15.7 Å². The number of nitrogens with zero attached hydrogens (tertiary/aromatic N) is 1. The molecule has 0 spiro atoms. The van der Waals surface area contributed by atoms with Gasteiger partial charge in [0.25, 0.3) is 11.8 Å². The molecule has 1 fully saturated rings. The van der Waals surface area contributed by atoms with Crippen molar-refractivity contribution in [1.29, 1.82) is 0 Å². The Morgan fingerprint density at radius 2 is 1.60 bits per heavy atom. The molecule has 0 atom stereocenters. The molecule has 0 unspecified atom stereocenters. The minimum Gasteiger partial charge on any atom is -0.298 e. The lowest BCUT2D eigenvalue weighted by molar-refractivity contribution is -0.122. The summed E-state index contributed by atoms with van der Waals surface area (Å²) < 4.78 is 0. The number of amides is 2. The van der Waals surface area contributed by atoms with Crippen LogP contribution in [0.5, 0.6) is 0 Å². The van der Waals surface area contributed by atoms with Gasteiger partial charge in [-0.15, -0.1) is 0 Å². The summed E-state index contributed by atoms with van der Waals surface area (Å²) in [5.74, 6) is -1.15. The molecular formula is C17H9Cl3N2O2S. The van der Waals surface area contributed by atoms with E-state index in [0.717, 1.165) is 4.90 Å². The Hall–Kier alpha value is -1.92. The molecule has 1 saturated heterocycles. The summed E-state index contributed by atoms with van der Waals surface area (Å²) in [6, 6.07) is 11.4. The number of nitrogens with one attached hydrogen (secondary N) is 1. The molecule has 0 bridgehead atoms. The zero-order valence-corrected chi connectivity index (χ0v) is 15.5. The maximum atomic E-state index is 12.8. The van der Waals surface area contributed by atoms with Gasteiger partial charge < -0.3 is 0 Å². The predicted octanol–water partition coefficient (Wildman–Crippen LogP) is 4.48. The minimum atomic E-state index is -0.578. The van der Waals surface area contributed by atoms with Crippen molar-refractivity contribution in [3.05, 3.63) is 68.7 Å². The Balaban J connectivity index is 2.03. The van der Waals surface area contributed by atoms with Crippen LogP contribution >= 0.6 is 47.0 Å². The molecule has 3 rings (SSSR count). The van der Waals surface area contributed by atoms with E-state index in [0.29, 0.717) is 21.3 Å². The summed E-state index contributed by atoms with van der Waals surface area (Å²) in [4.78, 5) is 26.2. The van der Waals surface area contributed by atoms with Crippen LogP contribution in [0.2, 0.25) is 15.1 Å². The van der Waals surface area contributed by atoms with Crippen molar-refractivity contribution in [3.63, 3.8) is 0 Å². The standard InChI is InChI=1S/C17H9Cl3N2O2S/c18-10-3-1-9(2-4-10)7-12-15(23)21-17(25)22(16(12)24)14-6-5-11(19)8-13(14)20/h1-8H,(H,21,23,25)/b12-7+. The van der Waals surface area contributed by atoms with Gasteiger partial charge in [0.2, 0.25) is 0 Å². The fourth-order valence-corrected chi connectivity index (χ4v) is 3.16. The van der Waals surface area contributed by atoms with Crippen molar-refractivity contribution in [3.8, 4) is 0 Å². The van der Waals surface area contributed by atoms with E-state index in [2.05, 4.69) is 5.32 Å². The topological polar surface area (TPSA) is 49.4 Å². The minimum absolute atomic E-state index is 0.0486. The Morgan fingerprint density at radius 3 is 2.24 bits per heavy atom. The third-order valence-corrected chi connectivity index (χ3v) is 4.51. The Kier molecular flexibility index (Phi) is 5.11. The maximum Gasteiger partial charge on any atom is 0.270 e. The highest BCUT2D eigenvalue weighted by molar-refractivity contribution is 7.80. The molecule has 0 aromatic heterocycles. The van der Waals surface area contributed by atoms with Crippen LogP contribution in [0.15, 0.2) is 48.0 Å². The molecule has 4 nitrogen and oxygen atoms in total. The molecule has 0 aliphatic carbocycles. The van der Waals surface area contributed by atoms with Gasteiger partial charge in [-0.2, -0.15) is 0 Å². The molecule has 0 radical (unpaired) electrons. The van der Waals surface area contributed by atoms with E-state index < -0.39 is 11.8 Å². The molecule has 1 heterocycles. The molecule has 25 heavy (non-hydrogen) atoms. The quantitative estimate of drug-likeness (QED) is 0.450. The number of thiocarbonyl (C=S) groups is 1. The summed E-state index contributed by atoms with van der Waals surface area (Å²) in [6.45, 7) is 0. The van der Waals surface area contributed by atoms with Gasteiger partial charge in [-0.05, 0) is 54.2 Å². The van der Waals surface area contributed by atoms with Crippen molar-refractivity contribution < 1.29 is 9.59 Å². The number of anilines is 1. The molecule has 1 aliphatic rings. The van der Waals surface area contributed by atoms with Gasteiger partial charge >= 0.3 is 0 Å². The average Bonchev–Trinajstić information content (AvgIpc) is 2.55. The molecular weight excluding hydrogens is 403 g/mol. The van der Waals surface area contributed by atoms with Crippen LogP contribution in [0.4, 0.5) is 5.69 Å². The van der Waals surface area contributed by atoms with Crippen LogP contribution in [0.25, 0.3) is 6.08 Å². The molecule has 2 aromatic rings. The van der Waals surface area contributed by atoms with Crippen LogP contribution in [0.3, 0.4) is 0 Å². The monoisotopic (exact) mass is 410 g/mol. The lowest BCUT2D eigenvalue weighted by atomic mass is 10.1. The summed E-state index contributed by atoms with van der Waals surface area (Å²) >= 11 is 23.0. The zero-order valence-electron chi connectivity index (χ0n) is 12.4. The first kappa shape index (κ1) is 17.9. The normalized spacial score (nSPS) is 16.4. The van der Waals surface area contributed by atoms with E-state index in [1.807, 2.05) is 0 Å². The van der Waals surface area contributed by atoms with Crippen molar-refractivity contribution in [2.75, 3.05) is 4.90 Å². The second kappa shape index (κ2) is 7.14. The van der Waals surface area contributed by atoms with E-state index in [9.17, 15) is 9.59 Å². The fraction of sp³-hybridized carbons (Fsp3) is 0. The summed E-state index contributed by atoms with van der Waals surface area (Å²) in [6.07, 6.45) is 1.46. The van der Waals surface area contributed by atoms with Crippen LogP contribution in [0.1, 0.15) is 5.56 Å². The smallest absolute Gasteiger partial charge is 0.270 e. The molecule has 2 aromatic carbocycles. The summed E-state index contributed by atoms with van der Waals surface area (Å²) in [7, 11) is 0. The van der Waals surface area contributed by atoms with Crippen molar-refractivity contribution >= 4 is 75.7 Å².